The van der Waals surface area contributed by atoms with Gasteiger partial charge in [0.25, 0.3) is 0 Å². The number of aromatic nitrogens is 2. The quantitative estimate of drug-likeness (QED) is 0.788. The van der Waals surface area contributed by atoms with Crippen molar-refractivity contribution < 1.29 is 4.79 Å². The molecule has 20 heavy (non-hydrogen) atoms. The van der Waals surface area contributed by atoms with Crippen LogP contribution in [0.2, 0.25) is 0 Å². The largest absolute Gasteiger partial charge is 0.347 e. The highest BCUT2D eigenvalue weighted by atomic mass is 79.9. The summed E-state index contributed by atoms with van der Waals surface area (Å²) in [6.07, 6.45) is 2.28. The Morgan fingerprint density at radius 1 is 1.50 bits per heavy atom. The number of hydrogen-bond donors (Lipinski definition) is 3. The molecule has 0 fully saturated rings. The number of aryl methyl sites for hydroxylation is 1. The molecule has 104 valence electrons. The Hall–Kier alpha value is -1.66. The standard InChI is InChI=1S/C14H15BrN4O/c1-8-4-9(2-3-10(8)15)19-14(20)12-5-11-13(6-16-12)18-7-17-11/h2-4,7,12,16H,5-6H2,1H3,(H,17,18)(H,19,20). The van der Waals surface area contributed by atoms with Crippen molar-refractivity contribution in [3.8, 4) is 0 Å². The van der Waals surface area contributed by atoms with Crippen molar-refractivity contribution in [1.29, 1.82) is 0 Å². The second-order valence-electron chi connectivity index (χ2n) is 4.92. The monoisotopic (exact) mass is 334 g/mol. The third kappa shape index (κ3) is 2.62. The average molecular weight is 335 g/mol. The summed E-state index contributed by atoms with van der Waals surface area (Å²) in [6.45, 7) is 2.64. The first-order valence-electron chi connectivity index (χ1n) is 6.45. The van der Waals surface area contributed by atoms with Gasteiger partial charge in [-0.2, -0.15) is 0 Å². The maximum Gasteiger partial charge on any atom is 0.241 e. The molecule has 0 saturated heterocycles. The fourth-order valence-electron chi connectivity index (χ4n) is 2.31. The second-order valence-corrected chi connectivity index (χ2v) is 5.77. The number of carbonyl (C=O) groups is 1. The first-order chi connectivity index (χ1) is 9.63. The zero-order valence-corrected chi connectivity index (χ0v) is 12.6. The van der Waals surface area contributed by atoms with Crippen LogP contribution in [0, 0.1) is 6.92 Å². The molecule has 1 unspecified atom stereocenters. The van der Waals surface area contributed by atoms with Crippen molar-refractivity contribution in [2.45, 2.75) is 25.9 Å². The number of benzene rings is 1. The Morgan fingerprint density at radius 2 is 2.35 bits per heavy atom. The van der Waals surface area contributed by atoms with Gasteiger partial charge < -0.3 is 10.3 Å². The molecule has 1 aliphatic rings. The molecule has 0 bridgehead atoms. The summed E-state index contributed by atoms with van der Waals surface area (Å²) < 4.78 is 1.03. The molecule has 2 aromatic rings. The van der Waals surface area contributed by atoms with Crippen LogP contribution in [0.15, 0.2) is 29.0 Å². The number of anilines is 1. The molecule has 1 aromatic carbocycles. The number of rotatable bonds is 2. The summed E-state index contributed by atoms with van der Waals surface area (Å²) in [6, 6.07) is 5.53. The van der Waals surface area contributed by atoms with Gasteiger partial charge >= 0.3 is 0 Å². The van der Waals surface area contributed by atoms with Gasteiger partial charge in [0.05, 0.1) is 23.8 Å². The predicted octanol–water partition coefficient (Wildman–Crippen LogP) is 2.13. The molecule has 1 aliphatic heterocycles. The highest BCUT2D eigenvalue weighted by Gasteiger charge is 2.25. The van der Waals surface area contributed by atoms with Gasteiger partial charge in [-0.05, 0) is 30.7 Å². The number of H-pyrrole nitrogens is 1. The first-order valence-corrected chi connectivity index (χ1v) is 7.24. The van der Waals surface area contributed by atoms with E-state index < -0.39 is 0 Å². The lowest BCUT2D eigenvalue weighted by Gasteiger charge is -2.22. The van der Waals surface area contributed by atoms with E-state index in [0.717, 1.165) is 27.1 Å². The van der Waals surface area contributed by atoms with Gasteiger partial charge in [0.2, 0.25) is 5.91 Å². The van der Waals surface area contributed by atoms with Crippen molar-refractivity contribution in [1.82, 2.24) is 15.3 Å². The van der Waals surface area contributed by atoms with E-state index in [1.165, 1.54) is 0 Å². The van der Waals surface area contributed by atoms with Crippen LogP contribution in [-0.4, -0.2) is 21.9 Å². The number of nitrogens with zero attached hydrogens (tertiary/aromatic N) is 1. The fraction of sp³-hybridized carbons (Fsp3) is 0.286. The molecule has 2 heterocycles. The number of fused-ring (bicyclic) bond motifs is 1. The summed E-state index contributed by atoms with van der Waals surface area (Å²) in [5, 5.41) is 6.16. The molecule has 6 heteroatoms. The summed E-state index contributed by atoms with van der Waals surface area (Å²) in [5.41, 5.74) is 3.93. The lowest BCUT2D eigenvalue weighted by atomic mass is 10.0. The van der Waals surface area contributed by atoms with Crippen molar-refractivity contribution in [3.05, 3.63) is 46.0 Å². The number of halogens is 1. The van der Waals surface area contributed by atoms with E-state index >= 15 is 0 Å². The Morgan fingerprint density at radius 3 is 3.15 bits per heavy atom. The summed E-state index contributed by atoms with van der Waals surface area (Å²) in [5.74, 6) is -0.0274. The average Bonchev–Trinajstić information content (AvgIpc) is 2.90. The van der Waals surface area contributed by atoms with E-state index in [1.807, 2.05) is 25.1 Å². The van der Waals surface area contributed by atoms with E-state index in [2.05, 4.69) is 36.5 Å². The molecule has 3 rings (SSSR count). The van der Waals surface area contributed by atoms with Gasteiger partial charge in [0.15, 0.2) is 0 Å². The minimum Gasteiger partial charge on any atom is -0.347 e. The molecule has 0 spiro atoms. The predicted molar refractivity (Wildman–Crippen MR) is 80.4 cm³/mol. The Labute approximate surface area is 125 Å². The van der Waals surface area contributed by atoms with Crippen molar-refractivity contribution in [2.75, 3.05) is 5.32 Å². The topological polar surface area (TPSA) is 69.8 Å². The van der Waals surface area contributed by atoms with Crippen molar-refractivity contribution in [2.24, 2.45) is 0 Å². The molecule has 1 amide bonds. The van der Waals surface area contributed by atoms with Crippen LogP contribution in [0.5, 0.6) is 0 Å². The van der Waals surface area contributed by atoms with Crippen molar-refractivity contribution >= 4 is 27.5 Å². The molecular formula is C14H15BrN4O. The number of nitrogens with one attached hydrogen (secondary N) is 3. The second kappa shape index (κ2) is 5.38. The van der Waals surface area contributed by atoms with Gasteiger partial charge in [-0.25, -0.2) is 4.98 Å². The number of carbonyl (C=O) groups excluding carboxylic acids is 1. The molecule has 3 N–H and O–H groups in total. The molecule has 0 aliphatic carbocycles. The van der Waals surface area contributed by atoms with Gasteiger partial charge in [0.1, 0.15) is 0 Å². The van der Waals surface area contributed by atoms with E-state index in [0.29, 0.717) is 13.0 Å². The van der Waals surface area contributed by atoms with Crippen molar-refractivity contribution in [3.63, 3.8) is 0 Å². The third-order valence-electron chi connectivity index (χ3n) is 3.47. The van der Waals surface area contributed by atoms with E-state index in [4.69, 9.17) is 0 Å². The highest BCUT2D eigenvalue weighted by molar-refractivity contribution is 9.10. The van der Waals surface area contributed by atoms with Crippen LogP contribution in [0.4, 0.5) is 5.69 Å². The third-order valence-corrected chi connectivity index (χ3v) is 4.36. The number of hydrogen-bond acceptors (Lipinski definition) is 3. The maximum atomic E-state index is 12.3. The molecule has 1 atom stereocenters. The minimum absolute atomic E-state index is 0.0274. The number of amides is 1. The van der Waals surface area contributed by atoms with Gasteiger partial charge in [-0.15, -0.1) is 0 Å². The van der Waals surface area contributed by atoms with E-state index in [9.17, 15) is 4.79 Å². The SMILES string of the molecule is Cc1cc(NC(=O)C2Cc3nc[nH]c3CN2)ccc1Br. The van der Waals surface area contributed by atoms with E-state index in [-0.39, 0.29) is 11.9 Å². The molecule has 0 radical (unpaired) electrons. The fourth-order valence-corrected chi connectivity index (χ4v) is 2.55. The van der Waals surface area contributed by atoms with Crippen LogP contribution in [0.3, 0.4) is 0 Å². The number of aromatic amines is 1. The molecular weight excluding hydrogens is 320 g/mol. The minimum atomic E-state index is -0.241. The molecule has 5 nitrogen and oxygen atoms in total. The van der Waals surface area contributed by atoms with Crippen LogP contribution in [-0.2, 0) is 17.8 Å². The normalized spacial score (nSPS) is 17.6. The van der Waals surface area contributed by atoms with Crippen LogP contribution >= 0.6 is 15.9 Å². The Bertz CT molecular complexity index is 652. The Balaban J connectivity index is 1.69. The van der Waals surface area contributed by atoms with E-state index in [1.54, 1.807) is 6.33 Å². The summed E-state index contributed by atoms with van der Waals surface area (Å²) >= 11 is 3.45. The first kappa shape index (κ1) is 13.3. The lowest BCUT2D eigenvalue weighted by molar-refractivity contribution is -0.118. The lowest BCUT2D eigenvalue weighted by Crippen LogP contribution is -2.44. The smallest absolute Gasteiger partial charge is 0.241 e. The summed E-state index contributed by atoms with van der Waals surface area (Å²) in [4.78, 5) is 19.6. The zero-order valence-electron chi connectivity index (χ0n) is 11.0. The molecule has 1 aromatic heterocycles. The highest BCUT2D eigenvalue weighted by Crippen LogP contribution is 2.20. The maximum absolute atomic E-state index is 12.3. The van der Waals surface area contributed by atoms with Crippen LogP contribution in [0.25, 0.3) is 0 Å². The summed E-state index contributed by atoms with van der Waals surface area (Å²) in [7, 11) is 0. The Kier molecular flexibility index (Phi) is 3.58. The number of imidazole rings is 1. The van der Waals surface area contributed by atoms with Gasteiger partial charge in [0, 0.05) is 23.1 Å². The van der Waals surface area contributed by atoms with Crippen LogP contribution < -0.4 is 10.6 Å². The molecule has 0 saturated carbocycles. The van der Waals surface area contributed by atoms with Gasteiger partial charge in [-0.1, -0.05) is 15.9 Å². The zero-order chi connectivity index (χ0) is 14.1. The van der Waals surface area contributed by atoms with Crippen LogP contribution in [0.1, 0.15) is 17.0 Å². The van der Waals surface area contributed by atoms with Gasteiger partial charge in [-0.3, -0.25) is 10.1 Å².